The zero-order valence-corrected chi connectivity index (χ0v) is 17.0. The average molecular weight is 417 g/mol. The summed E-state index contributed by atoms with van der Waals surface area (Å²) in [6, 6.07) is 12.8. The fraction of sp³-hybridized carbons (Fsp3) is 0.182. The van der Waals surface area contributed by atoms with Gasteiger partial charge in [0.1, 0.15) is 12.1 Å². The number of amides is 1. The van der Waals surface area contributed by atoms with Crippen LogP contribution in [0.1, 0.15) is 11.3 Å². The van der Waals surface area contributed by atoms with Crippen molar-refractivity contribution in [2.24, 2.45) is 0 Å². The molecular weight excluding hydrogens is 398 g/mol. The molecule has 4 aromatic rings. The van der Waals surface area contributed by atoms with Crippen LogP contribution in [0.15, 0.2) is 53.5 Å². The maximum Gasteiger partial charge on any atom is 0.293 e. The van der Waals surface area contributed by atoms with E-state index in [4.69, 9.17) is 9.47 Å². The number of anilines is 1. The summed E-state index contributed by atoms with van der Waals surface area (Å²) in [5.74, 6) is 0.808. The van der Waals surface area contributed by atoms with E-state index in [2.05, 4.69) is 15.5 Å². The van der Waals surface area contributed by atoms with E-state index in [1.165, 1.54) is 0 Å². The topological polar surface area (TPSA) is 100 Å². The summed E-state index contributed by atoms with van der Waals surface area (Å²) in [5.41, 5.74) is 2.94. The van der Waals surface area contributed by atoms with Gasteiger partial charge in [0.25, 0.3) is 5.56 Å². The molecule has 3 heterocycles. The molecule has 0 bridgehead atoms. The van der Waals surface area contributed by atoms with Crippen LogP contribution < -0.4 is 20.3 Å². The fourth-order valence-corrected chi connectivity index (χ4v) is 3.62. The Morgan fingerprint density at radius 3 is 2.77 bits per heavy atom. The van der Waals surface area contributed by atoms with Gasteiger partial charge >= 0.3 is 0 Å². The molecule has 0 saturated heterocycles. The van der Waals surface area contributed by atoms with E-state index in [0.717, 1.165) is 15.9 Å². The summed E-state index contributed by atoms with van der Waals surface area (Å²) in [6.45, 7) is 3.66. The lowest BCUT2D eigenvalue weighted by Crippen LogP contribution is -2.31. The first-order valence-electron chi connectivity index (χ1n) is 9.72. The standard InChI is InChI=1S/C22H19N5O4/c1-13-5-3-4-6-17(13)27-21-16(10-23-27)14(2)25-26(22(21)29)11-20(28)24-15-7-8-18-19(9-15)31-12-30-18/h3-10H,11-12H2,1-2H3,(H,24,28). The summed E-state index contributed by atoms with van der Waals surface area (Å²) < 4.78 is 13.4. The van der Waals surface area contributed by atoms with Crippen molar-refractivity contribution < 1.29 is 14.3 Å². The minimum atomic E-state index is -0.387. The van der Waals surface area contributed by atoms with Crippen molar-refractivity contribution in [1.82, 2.24) is 19.6 Å². The van der Waals surface area contributed by atoms with Crippen molar-refractivity contribution in [1.29, 1.82) is 0 Å². The Morgan fingerprint density at radius 2 is 1.94 bits per heavy atom. The third kappa shape index (κ3) is 3.29. The Bertz CT molecular complexity index is 1390. The summed E-state index contributed by atoms with van der Waals surface area (Å²) in [5, 5.41) is 12.1. The Morgan fingerprint density at radius 1 is 1.13 bits per heavy atom. The first-order chi connectivity index (χ1) is 15.0. The molecule has 2 aromatic carbocycles. The van der Waals surface area contributed by atoms with E-state index in [1.54, 1.807) is 36.0 Å². The number of aryl methyl sites for hydroxylation is 2. The number of carbonyl (C=O) groups is 1. The number of para-hydroxylation sites is 1. The number of carbonyl (C=O) groups excluding carboxylic acids is 1. The van der Waals surface area contributed by atoms with Gasteiger partial charge in [-0.05, 0) is 37.6 Å². The lowest BCUT2D eigenvalue weighted by Gasteiger charge is -2.10. The highest BCUT2D eigenvalue weighted by Gasteiger charge is 2.18. The fourth-order valence-electron chi connectivity index (χ4n) is 3.62. The minimum Gasteiger partial charge on any atom is -0.454 e. The molecule has 0 radical (unpaired) electrons. The molecule has 0 unspecified atom stereocenters. The van der Waals surface area contributed by atoms with Gasteiger partial charge in [-0.15, -0.1) is 0 Å². The van der Waals surface area contributed by atoms with Crippen LogP contribution in [0.25, 0.3) is 16.6 Å². The smallest absolute Gasteiger partial charge is 0.293 e. The average Bonchev–Trinajstić information content (AvgIpc) is 3.39. The molecule has 1 aliphatic rings. The first kappa shape index (κ1) is 18.9. The van der Waals surface area contributed by atoms with E-state index in [0.29, 0.717) is 33.8 Å². The van der Waals surface area contributed by atoms with Crippen molar-refractivity contribution in [2.45, 2.75) is 20.4 Å². The molecule has 5 rings (SSSR count). The molecule has 156 valence electrons. The molecule has 1 N–H and O–H groups in total. The number of fused-ring (bicyclic) bond motifs is 2. The highest BCUT2D eigenvalue weighted by atomic mass is 16.7. The molecule has 9 nitrogen and oxygen atoms in total. The van der Waals surface area contributed by atoms with Crippen molar-refractivity contribution in [3.05, 3.63) is 70.3 Å². The zero-order chi connectivity index (χ0) is 21.5. The van der Waals surface area contributed by atoms with Crippen molar-refractivity contribution in [3.8, 4) is 17.2 Å². The van der Waals surface area contributed by atoms with Crippen LogP contribution in [-0.2, 0) is 11.3 Å². The lowest BCUT2D eigenvalue weighted by atomic mass is 10.2. The molecular formula is C22H19N5O4. The van der Waals surface area contributed by atoms with E-state index in [-0.39, 0.29) is 24.8 Å². The van der Waals surface area contributed by atoms with E-state index >= 15 is 0 Å². The van der Waals surface area contributed by atoms with Gasteiger partial charge in [0.15, 0.2) is 11.5 Å². The van der Waals surface area contributed by atoms with Crippen LogP contribution in [0, 0.1) is 13.8 Å². The lowest BCUT2D eigenvalue weighted by molar-refractivity contribution is -0.117. The molecule has 2 aromatic heterocycles. The Kier molecular flexibility index (Phi) is 4.43. The monoisotopic (exact) mass is 417 g/mol. The number of hydrogen-bond acceptors (Lipinski definition) is 6. The van der Waals surface area contributed by atoms with Crippen LogP contribution in [0.5, 0.6) is 11.5 Å². The van der Waals surface area contributed by atoms with Crippen LogP contribution in [-0.4, -0.2) is 32.3 Å². The van der Waals surface area contributed by atoms with Gasteiger partial charge < -0.3 is 14.8 Å². The highest BCUT2D eigenvalue weighted by molar-refractivity contribution is 5.91. The Balaban J connectivity index is 1.48. The predicted octanol–water partition coefficient (Wildman–Crippen LogP) is 2.57. The van der Waals surface area contributed by atoms with Crippen LogP contribution in [0.3, 0.4) is 0 Å². The van der Waals surface area contributed by atoms with Gasteiger partial charge in [-0.3, -0.25) is 9.59 Å². The second-order valence-corrected chi connectivity index (χ2v) is 7.27. The second kappa shape index (κ2) is 7.28. The summed E-state index contributed by atoms with van der Waals surface area (Å²) >= 11 is 0. The third-order valence-corrected chi connectivity index (χ3v) is 5.16. The molecule has 0 atom stereocenters. The van der Waals surface area contributed by atoms with Crippen LogP contribution in [0.2, 0.25) is 0 Å². The molecule has 9 heteroatoms. The van der Waals surface area contributed by atoms with Crippen molar-refractivity contribution in [3.63, 3.8) is 0 Å². The number of hydrogen-bond donors (Lipinski definition) is 1. The SMILES string of the molecule is Cc1ccccc1-n1ncc2c(C)nn(CC(=O)Nc3ccc4c(c3)OCO4)c(=O)c21. The van der Waals surface area contributed by atoms with Crippen LogP contribution in [0.4, 0.5) is 5.69 Å². The molecule has 0 saturated carbocycles. The summed E-state index contributed by atoms with van der Waals surface area (Å²) in [6.07, 6.45) is 1.63. The third-order valence-electron chi connectivity index (χ3n) is 5.16. The Hall–Kier alpha value is -4.14. The Labute approximate surface area is 176 Å². The van der Waals surface area contributed by atoms with Gasteiger partial charge in [-0.1, -0.05) is 18.2 Å². The second-order valence-electron chi connectivity index (χ2n) is 7.27. The van der Waals surface area contributed by atoms with Crippen LogP contribution >= 0.6 is 0 Å². The largest absolute Gasteiger partial charge is 0.454 e. The van der Waals surface area contributed by atoms with Gasteiger partial charge in [-0.2, -0.15) is 10.2 Å². The number of nitrogens with one attached hydrogen (secondary N) is 1. The molecule has 0 aliphatic carbocycles. The molecule has 1 aliphatic heterocycles. The normalized spacial score (nSPS) is 12.3. The number of rotatable bonds is 4. The maximum absolute atomic E-state index is 13.2. The van der Waals surface area contributed by atoms with Crippen molar-refractivity contribution >= 4 is 22.5 Å². The quantitative estimate of drug-likeness (QED) is 0.548. The minimum absolute atomic E-state index is 0.153. The molecule has 31 heavy (non-hydrogen) atoms. The molecule has 1 amide bonds. The number of benzene rings is 2. The van der Waals surface area contributed by atoms with Gasteiger partial charge in [0, 0.05) is 17.1 Å². The summed E-state index contributed by atoms with van der Waals surface area (Å²) in [7, 11) is 0. The molecule has 0 fully saturated rings. The summed E-state index contributed by atoms with van der Waals surface area (Å²) in [4.78, 5) is 25.8. The van der Waals surface area contributed by atoms with Gasteiger partial charge in [0.2, 0.25) is 12.7 Å². The highest BCUT2D eigenvalue weighted by Crippen LogP contribution is 2.34. The van der Waals surface area contributed by atoms with E-state index in [1.807, 2.05) is 31.2 Å². The predicted molar refractivity (Wildman–Crippen MR) is 114 cm³/mol. The number of nitrogens with zero attached hydrogens (tertiary/aromatic N) is 4. The first-order valence-corrected chi connectivity index (χ1v) is 9.72. The zero-order valence-electron chi connectivity index (χ0n) is 17.0. The van der Waals surface area contributed by atoms with E-state index in [9.17, 15) is 9.59 Å². The van der Waals surface area contributed by atoms with Gasteiger partial charge in [0.05, 0.1) is 17.6 Å². The molecule has 0 spiro atoms. The van der Waals surface area contributed by atoms with E-state index < -0.39 is 0 Å². The van der Waals surface area contributed by atoms with Gasteiger partial charge in [-0.25, -0.2) is 9.36 Å². The number of ether oxygens (including phenoxy) is 2. The maximum atomic E-state index is 13.2. The van der Waals surface area contributed by atoms with Crippen molar-refractivity contribution in [2.75, 3.05) is 12.1 Å². The number of aromatic nitrogens is 4.